The summed E-state index contributed by atoms with van der Waals surface area (Å²) < 4.78 is 17.5. The second-order valence-electron chi connectivity index (χ2n) is 2.91. The Morgan fingerprint density at radius 3 is 2.93 bits per heavy atom. The summed E-state index contributed by atoms with van der Waals surface area (Å²) in [6, 6.07) is 5.10. The summed E-state index contributed by atoms with van der Waals surface area (Å²) in [4.78, 5) is 11.4. The van der Waals surface area contributed by atoms with Gasteiger partial charge in [0.2, 0.25) is 0 Å². The van der Waals surface area contributed by atoms with Crippen LogP contribution in [0.2, 0.25) is 0 Å². The van der Waals surface area contributed by atoms with Crippen molar-refractivity contribution >= 4 is 11.7 Å². The second-order valence-corrected chi connectivity index (χ2v) is 2.91. The standard InChI is InChI=1S/C10H9FN2O2/c1-6(5-12)15-10(14)8-4-7(11)2-3-9(8)13/h2-4,6H,13H2,1H3. The van der Waals surface area contributed by atoms with Crippen LogP contribution in [0.5, 0.6) is 0 Å². The summed E-state index contributed by atoms with van der Waals surface area (Å²) >= 11 is 0. The van der Waals surface area contributed by atoms with Crippen LogP contribution in [0.1, 0.15) is 17.3 Å². The number of esters is 1. The molecular weight excluding hydrogens is 199 g/mol. The molecule has 1 unspecified atom stereocenters. The molecule has 0 aromatic heterocycles. The predicted octanol–water partition coefficient (Wildman–Crippen LogP) is 1.48. The van der Waals surface area contributed by atoms with Gasteiger partial charge in [-0.1, -0.05) is 0 Å². The molecule has 0 heterocycles. The van der Waals surface area contributed by atoms with Crippen molar-refractivity contribution in [3.63, 3.8) is 0 Å². The Kier molecular flexibility index (Phi) is 3.24. The maximum atomic E-state index is 12.8. The van der Waals surface area contributed by atoms with Gasteiger partial charge in [0, 0.05) is 5.69 Å². The molecule has 0 aliphatic rings. The lowest BCUT2D eigenvalue weighted by atomic mass is 10.2. The van der Waals surface area contributed by atoms with Crippen LogP contribution in [-0.2, 0) is 4.74 Å². The number of benzene rings is 1. The zero-order valence-electron chi connectivity index (χ0n) is 8.03. The summed E-state index contributed by atoms with van der Waals surface area (Å²) in [5, 5.41) is 8.42. The summed E-state index contributed by atoms with van der Waals surface area (Å²) in [7, 11) is 0. The van der Waals surface area contributed by atoms with Gasteiger partial charge in [-0.05, 0) is 25.1 Å². The van der Waals surface area contributed by atoms with Crippen LogP contribution in [0, 0.1) is 17.1 Å². The molecule has 4 nitrogen and oxygen atoms in total. The van der Waals surface area contributed by atoms with Crippen molar-refractivity contribution in [2.24, 2.45) is 0 Å². The van der Waals surface area contributed by atoms with E-state index >= 15 is 0 Å². The first-order chi connectivity index (χ1) is 7.04. The molecule has 0 saturated heterocycles. The number of nitrogens with two attached hydrogens (primary N) is 1. The predicted molar refractivity (Wildman–Crippen MR) is 51.3 cm³/mol. The average molecular weight is 208 g/mol. The molecule has 0 aliphatic heterocycles. The second kappa shape index (κ2) is 4.42. The third kappa shape index (κ3) is 2.68. The number of hydrogen-bond donors (Lipinski definition) is 1. The van der Waals surface area contributed by atoms with Gasteiger partial charge in [0.1, 0.15) is 11.9 Å². The van der Waals surface area contributed by atoms with Crippen molar-refractivity contribution in [3.8, 4) is 6.07 Å². The summed E-state index contributed by atoms with van der Waals surface area (Å²) in [6.45, 7) is 1.41. The van der Waals surface area contributed by atoms with Crippen molar-refractivity contribution < 1.29 is 13.9 Å². The highest BCUT2D eigenvalue weighted by atomic mass is 19.1. The quantitative estimate of drug-likeness (QED) is 0.589. The largest absolute Gasteiger partial charge is 0.444 e. The third-order valence-electron chi connectivity index (χ3n) is 1.70. The van der Waals surface area contributed by atoms with Crippen LogP contribution in [0.3, 0.4) is 0 Å². The number of halogens is 1. The number of ether oxygens (including phenoxy) is 1. The van der Waals surface area contributed by atoms with E-state index in [4.69, 9.17) is 11.0 Å². The molecule has 0 aliphatic carbocycles. The fraction of sp³-hybridized carbons (Fsp3) is 0.200. The van der Waals surface area contributed by atoms with E-state index in [0.717, 1.165) is 12.1 Å². The van der Waals surface area contributed by atoms with Gasteiger partial charge in [0.05, 0.1) is 5.56 Å². The Morgan fingerprint density at radius 1 is 1.67 bits per heavy atom. The highest BCUT2D eigenvalue weighted by molar-refractivity contribution is 5.95. The lowest BCUT2D eigenvalue weighted by Gasteiger charge is -2.07. The molecule has 5 heteroatoms. The van der Waals surface area contributed by atoms with Gasteiger partial charge < -0.3 is 10.5 Å². The van der Waals surface area contributed by atoms with Crippen LogP contribution in [-0.4, -0.2) is 12.1 Å². The van der Waals surface area contributed by atoms with E-state index in [0.29, 0.717) is 0 Å². The zero-order chi connectivity index (χ0) is 11.4. The molecule has 0 spiro atoms. The van der Waals surface area contributed by atoms with Crippen molar-refractivity contribution in [2.75, 3.05) is 5.73 Å². The molecule has 15 heavy (non-hydrogen) atoms. The first kappa shape index (κ1) is 11.0. The number of hydrogen-bond acceptors (Lipinski definition) is 4. The van der Waals surface area contributed by atoms with E-state index in [2.05, 4.69) is 4.74 Å². The average Bonchev–Trinajstić information content (AvgIpc) is 2.21. The molecule has 1 atom stereocenters. The Morgan fingerprint density at radius 2 is 2.33 bits per heavy atom. The first-order valence-electron chi connectivity index (χ1n) is 4.20. The van der Waals surface area contributed by atoms with Gasteiger partial charge in [0.25, 0.3) is 0 Å². The van der Waals surface area contributed by atoms with E-state index in [1.54, 1.807) is 6.07 Å². The molecule has 0 fully saturated rings. The van der Waals surface area contributed by atoms with Crippen molar-refractivity contribution in [1.82, 2.24) is 0 Å². The van der Waals surface area contributed by atoms with Crippen LogP contribution < -0.4 is 5.73 Å². The van der Waals surface area contributed by atoms with Crippen molar-refractivity contribution in [3.05, 3.63) is 29.6 Å². The number of carbonyl (C=O) groups is 1. The van der Waals surface area contributed by atoms with Gasteiger partial charge in [-0.15, -0.1) is 0 Å². The van der Waals surface area contributed by atoms with E-state index < -0.39 is 17.9 Å². The molecule has 1 aromatic rings. The summed E-state index contributed by atoms with van der Waals surface area (Å²) in [5.41, 5.74) is 5.50. The normalized spacial score (nSPS) is 11.5. The smallest absolute Gasteiger partial charge is 0.341 e. The monoisotopic (exact) mass is 208 g/mol. The number of nitrogens with zero attached hydrogens (tertiary/aromatic N) is 1. The molecule has 2 N–H and O–H groups in total. The maximum absolute atomic E-state index is 12.8. The minimum absolute atomic E-state index is 0.0721. The first-order valence-corrected chi connectivity index (χ1v) is 4.20. The van der Waals surface area contributed by atoms with Gasteiger partial charge in [-0.2, -0.15) is 5.26 Å². The number of nitriles is 1. The summed E-state index contributed by atoms with van der Waals surface area (Å²) in [5.74, 6) is -1.39. The van der Waals surface area contributed by atoms with Gasteiger partial charge in [-0.25, -0.2) is 9.18 Å². The molecular formula is C10H9FN2O2. The highest BCUT2D eigenvalue weighted by Gasteiger charge is 2.14. The molecule has 0 radical (unpaired) electrons. The zero-order valence-corrected chi connectivity index (χ0v) is 8.03. The Bertz CT molecular complexity index is 426. The minimum Gasteiger partial charge on any atom is -0.444 e. The Hall–Kier alpha value is -2.09. The van der Waals surface area contributed by atoms with Gasteiger partial charge in [-0.3, -0.25) is 0 Å². The minimum atomic E-state index is -0.889. The molecule has 1 rings (SSSR count). The van der Waals surface area contributed by atoms with E-state index in [-0.39, 0.29) is 11.3 Å². The van der Waals surface area contributed by atoms with E-state index in [1.807, 2.05) is 0 Å². The molecule has 1 aromatic carbocycles. The van der Waals surface area contributed by atoms with Crippen LogP contribution in [0.4, 0.5) is 10.1 Å². The Balaban J connectivity index is 2.92. The van der Waals surface area contributed by atoms with Gasteiger partial charge in [0.15, 0.2) is 6.10 Å². The SMILES string of the molecule is CC(C#N)OC(=O)c1cc(F)ccc1N. The topological polar surface area (TPSA) is 76.1 Å². The fourth-order valence-electron chi connectivity index (χ4n) is 0.956. The van der Waals surface area contributed by atoms with Crippen LogP contribution in [0.25, 0.3) is 0 Å². The molecule has 0 bridgehead atoms. The fourth-order valence-corrected chi connectivity index (χ4v) is 0.956. The van der Waals surface area contributed by atoms with Crippen molar-refractivity contribution in [2.45, 2.75) is 13.0 Å². The van der Waals surface area contributed by atoms with Crippen LogP contribution in [0.15, 0.2) is 18.2 Å². The molecule has 0 saturated carbocycles. The summed E-state index contributed by atoms with van der Waals surface area (Å²) in [6.07, 6.45) is -0.889. The lowest BCUT2D eigenvalue weighted by Crippen LogP contribution is -2.14. The molecule has 0 amide bonds. The Labute approximate surface area is 86.1 Å². The van der Waals surface area contributed by atoms with Crippen LogP contribution >= 0.6 is 0 Å². The van der Waals surface area contributed by atoms with Crippen molar-refractivity contribution in [1.29, 1.82) is 5.26 Å². The number of anilines is 1. The molecule has 78 valence electrons. The highest BCUT2D eigenvalue weighted by Crippen LogP contribution is 2.15. The van der Waals surface area contributed by atoms with Gasteiger partial charge >= 0.3 is 5.97 Å². The van der Waals surface area contributed by atoms with E-state index in [9.17, 15) is 9.18 Å². The lowest BCUT2D eigenvalue weighted by molar-refractivity contribution is 0.0436. The number of nitrogen functional groups attached to an aromatic ring is 1. The maximum Gasteiger partial charge on any atom is 0.341 e. The number of rotatable bonds is 2. The third-order valence-corrected chi connectivity index (χ3v) is 1.70. The van der Waals surface area contributed by atoms with E-state index in [1.165, 1.54) is 13.0 Å². The number of carbonyl (C=O) groups excluding carboxylic acids is 1.